The summed E-state index contributed by atoms with van der Waals surface area (Å²) in [5, 5.41) is 5.69. The Morgan fingerprint density at radius 1 is 1.00 bits per heavy atom. The molecule has 2 aromatic rings. The summed E-state index contributed by atoms with van der Waals surface area (Å²) in [7, 11) is 3.17. The van der Waals surface area contributed by atoms with Crippen molar-refractivity contribution >= 4 is 17.5 Å². The molecule has 0 spiro atoms. The third-order valence-corrected chi connectivity index (χ3v) is 4.70. The summed E-state index contributed by atoms with van der Waals surface area (Å²) >= 11 is 0. The van der Waals surface area contributed by atoms with E-state index in [9.17, 15) is 9.59 Å². The fourth-order valence-electron chi connectivity index (χ4n) is 3.12. The molecule has 2 N–H and O–H groups in total. The van der Waals surface area contributed by atoms with Gasteiger partial charge in [-0.05, 0) is 48.1 Å². The van der Waals surface area contributed by atoms with Gasteiger partial charge in [-0.15, -0.1) is 0 Å². The lowest BCUT2D eigenvalue weighted by Crippen LogP contribution is -2.30. The van der Waals surface area contributed by atoms with Crippen LogP contribution in [0, 0.1) is 6.92 Å². The van der Waals surface area contributed by atoms with Crippen LogP contribution in [-0.4, -0.2) is 32.6 Å². The molecule has 6 nitrogen and oxygen atoms in total. The van der Waals surface area contributed by atoms with Gasteiger partial charge in [-0.25, -0.2) is 0 Å². The molecule has 0 fully saturated rings. The highest BCUT2D eigenvalue weighted by Gasteiger charge is 2.14. The molecule has 0 heterocycles. The van der Waals surface area contributed by atoms with Crippen molar-refractivity contribution in [1.82, 2.24) is 5.32 Å². The zero-order valence-electron chi connectivity index (χ0n) is 17.8. The Morgan fingerprint density at radius 2 is 1.72 bits per heavy atom. The van der Waals surface area contributed by atoms with E-state index in [1.165, 1.54) is 0 Å². The topological polar surface area (TPSA) is 76.7 Å². The van der Waals surface area contributed by atoms with E-state index in [0.717, 1.165) is 22.4 Å². The van der Waals surface area contributed by atoms with Crippen molar-refractivity contribution in [2.45, 2.75) is 39.5 Å². The molecular weight excluding hydrogens is 368 g/mol. The standard InChI is InChI=1S/C23H30N2O4/c1-15(2)18-8-6-7-16(3)23(18)25-22(27)14-21(26)24-12-11-17-9-10-19(28-4)20(13-17)29-5/h6-10,13,15H,11-12,14H2,1-5H3,(H,24,26)(H,25,27). The summed E-state index contributed by atoms with van der Waals surface area (Å²) in [4.78, 5) is 24.5. The summed E-state index contributed by atoms with van der Waals surface area (Å²) in [5.41, 5.74) is 3.85. The number of nitrogens with one attached hydrogen (secondary N) is 2. The quantitative estimate of drug-likeness (QED) is 0.630. The second kappa shape index (κ2) is 10.5. The summed E-state index contributed by atoms with van der Waals surface area (Å²) in [6.07, 6.45) is 0.417. The Labute approximate surface area is 172 Å². The van der Waals surface area contributed by atoms with E-state index in [2.05, 4.69) is 24.5 Å². The van der Waals surface area contributed by atoms with Gasteiger partial charge in [0.25, 0.3) is 0 Å². The minimum absolute atomic E-state index is 0.211. The molecule has 156 valence electrons. The molecular formula is C23H30N2O4. The Kier molecular flexibility index (Phi) is 8.07. The van der Waals surface area contributed by atoms with E-state index in [4.69, 9.17) is 9.47 Å². The maximum atomic E-state index is 12.3. The molecule has 6 heteroatoms. The number of carbonyl (C=O) groups excluding carboxylic acids is 2. The molecule has 0 saturated carbocycles. The SMILES string of the molecule is COc1ccc(CCNC(=O)CC(=O)Nc2c(C)cccc2C(C)C)cc1OC. The number of anilines is 1. The smallest absolute Gasteiger partial charge is 0.233 e. The first-order valence-corrected chi connectivity index (χ1v) is 9.72. The number of amides is 2. The largest absolute Gasteiger partial charge is 0.493 e. The third-order valence-electron chi connectivity index (χ3n) is 4.70. The van der Waals surface area contributed by atoms with Gasteiger partial charge in [0.05, 0.1) is 14.2 Å². The van der Waals surface area contributed by atoms with E-state index < -0.39 is 0 Å². The van der Waals surface area contributed by atoms with Gasteiger partial charge in [-0.3, -0.25) is 9.59 Å². The van der Waals surface area contributed by atoms with Crippen molar-refractivity contribution in [3.63, 3.8) is 0 Å². The van der Waals surface area contributed by atoms with Crippen LogP contribution in [0.25, 0.3) is 0 Å². The number of aryl methyl sites for hydroxylation is 1. The highest BCUT2D eigenvalue weighted by Crippen LogP contribution is 2.28. The van der Waals surface area contributed by atoms with Crippen LogP contribution in [-0.2, 0) is 16.0 Å². The van der Waals surface area contributed by atoms with Crippen LogP contribution in [0.4, 0.5) is 5.69 Å². The van der Waals surface area contributed by atoms with Crippen molar-refractivity contribution in [3.05, 3.63) is 53.1 Å². The fraction of sp³-hybridized carbons (Fsp3) is 0.391. The van der Waals surface area contributed by atoms with E-state index in [0.29, 0.717) is 24.5 Å². The molecule has 0 atom stereocenters. The van der Waals surface area contributed by atoms with Gasteiger partial charge in [-0.2, -0.15) is 0 Å². The number of para-hydroxylation sites is 1. The van der Waals surface area contributed by atoms with Crippen molar-refractivity contribution < 1.29 is 19.1 Å². The molecule has 2 aromatic carbocycles. The van der Waals surface area contributed by atoms with Crippen molar-refractivity contribution in [2.75, 3.05) is 26.1 Å². The minimum atomic E-state index is -0.315. The zero-order chi connectivity index (χ0) is 21.4. The van der Waals surface area contributed by atoms with Crippen LogP contribution in [0.5, 0.6) is 11.5 Å². The van der Waals surface area contributed by atoms with E-state index in [1.807, 2.05) is 43.3 Å². The molecule has 29 heavy (non-hydrogen) atoms. The Balaban J connectivity index is 1.86. The van der Waals surface area contributed by atoms with Crippen molar-refractivity contribution in [2.24, 2.45) is 0 Å². The predicted molar refractivity (Wildman–Crippen MR) is 115 cm³/mol. The third kappa shape index (κ3) is 6.24. The molecule has 0 aliphatic heterocycles. The van der Waals surface area contributed by atoms with Gasteiger partial charge < -0.3 is 20.1 Å². The summed E-state index contributed by atoms with van der Waals surface area (Å²) < 4.78 is 10.5. The Hall–Kier alpha value is -3.02. The number of hydrogen-bond donors (Lipinski definition) is 2. The van der Waals surface area contributed by atoms with Gasteiger partial charge in [0, 0.05) is 12.2 Å². The summed E-state index contributed by atoms with van der Waals surface area (Å²) in [5.74, 6) is 0.969. The van der Waals surface area contributed by atoms with Gasteiger partial charge in [-0.1, -0.05) is 38.1 Å². The first kappa shape index (κ1) is 22.3. The second-order valence-electron chi connectivity index (χ2n) is 7.21. The molecule has 0 bridgehead atoms. The maximum absolute atomic E-state index is 12.3. The van der Waals surface area contributed by atoms with E-state index in [-0.39, 0.29) is 24.2 Å². The average molecular weight is 399 g/mol. The molecule has 0 aromatic heterocycles. The van der Waals surface area contributed by atoms with Crippen molar-refractivity contribution in [3.8, 4) is 11.5 Å². The van der Waals surface area contributed by atoms with Gasteiger partial charge in [0.2, 0.25) is 11.8 Å². The monoisotopic (exact) mass is 398 g/mol. The molecule has 0 aliphatic carbocycles. The number of ether oxygens (including phenoxy) is 2. The lowest BCUT2D eigenvalue weighted by molar-refractivity contribution is -0.126. The molecule has 2 rings (SSSR count). The first-order chi connectivity index (χ1) is 13.8. The number of benzene rings is 2. The van der Waals surface area contributed by atoms with Crippen molar-refractivity contribution in [1.29, 1.82) is 0 Å². The predicted octanol–water partition coefficient (Wildman–Crippen LogP) is 3.82. The lowest BCUT2D eigenvalue weighted by Gasteiger charge is -2.16. The molecule has 0 unspecified atom stereocenters. The van der Waals surface area contributed by atoms with Crippen LogP contribution < -0.4 is 20.1 Å². The molecule has 0 radical (unpaired) electrons. The Morgan fingerprint density at radius 3 is 2.38 bits per heavy atom. The normalized spacial score (nSPS) is 10.6. The lowest BCUT2D eigenvalue weighted by atomic mass is 9.98. The molecule has 0 saturated heterocycles. The highest BCUT2D eigenvalue weighted by atomic mass is 16.5. The highest BCUT2D eigenvalue weighted by molar-refractivity contribution is 6.04. The number of carbonyl (C=O) groups is 2. The number of hydrogen-bond acceptors (Lipinski definition) is 4. The maximum Gasteiger partial charge on any atom is 0.233 e. The van der Waals surface area contributed by atoms with Crippen LogP contribution in [0.3, 0.4) is 0 Å². The second-order valence-corrected chi connectivity index (χ2v) is 7.21. The van der Waals surface area contributed by atoms with Crippen LogP contribution in [0.2, 0.25) is 0 Å². The molecule has 2 amide bonds. The van der Waals surface area contributed by atoms with Gasteiger partial charge in [0.1, 0.15) is 6.42 Å². The molecule has 0 aliphatic rings. The van der Waals surface area contributed by atoms with Gasteiger partial charge in [0.15, 0.2) is 11.5 Å². The first-order valence-electron chi connectivity index (χ1n) is 9.72. The number of rotatable bonds is 9. The number of methoxy groups -OCH3 is 2. The zero-order valence-corrected chi connectivity index (χ0v) is 17.8. The van der Waals surface area contributed by atoms with Crippen LogP contribution >= 0.6 is 0 Å². The Bertz CT molecular complexity index is 862. The minimum Gasteiger partial charge on any atom is -0.493 e. The van der Waals surface area contributed by atoms with Crippen LogP contribution in [0.15, 0.2) is 36.4 Å². The average Bonchev–Trinajstić information content (AvgIpc) is 2.69. The summed E-state index contributed by atoms with van der Waals surface area (Å²) in [6, 6.07) is 11.6. The summed E-state index contributed by atoms with van der Waals surface area (Å²) in [6.45, 7) is 6.53. The van der Waals surface area contributed by atoms with Gasteiger partial charge >= 0.3 is 0 Å². The van der Waals surface area contributed by atoms with E-state index in [1.54, 1.807) is 14.2 Å². The fourth-order valence-corrected chi connectivity index (χ4v) is 3.12. The van der Waals surface area contributed by atoms with Crippen LogP contribution in [0.1, 0.15) is 42.9 Å². The van der Waals surface area contributed by atoms with E-state index >= 15 is 0 Å².